The second kappa shape index (κ2) is 7.50. The van der Waals surface area contributed by atoms with E-state index in [2.05, 4.69) is 0 Å². The van der Waals surface area contributed by atoms with E-state index < -0.39 is 0 Å². The first-order valence-corrected chi connectivity index (χ1v) is 6.80. The Hall–Kier alpha value is -1.26. The molecule has 2 rings (SSSR count). The molecular weight excluding hydrogens is 276 g/mol. The van der Waals surface area contributed by atoms with Gasteiger partial charge < -0.3 is 15.4 Å². The van der Waals surface area contributed by atoms with Gasteiger partial charge in [-0.2, -0.15) is 0 Å². The molecule has 5 heteroatoms. The quantitative estimate of drug-likeness (QED) is 0.929. The molecule has 112 valence electrons. The summed E-state index contributed by atoms with van der Waals surface area (Å²) < 4.78 is 5.69. The number of piperidine rings is 1. The van der Waals surface area contributed by atoms with Crippen molar-refractivity contribution in [3.63, 3.8) is 0 Å². The monoisotopic (exact) mass is 298 g/mol. The Morgan fingerprint density at radius 2 is 2.05 bits per heavy atom. The van der Waals surface area contributed by atoms with Gasteiger partial charge in [0.2, 0.25) is 0 Å². The molecule has 0 aliphatic carbocycles. The summed E-state index contributed by atoms with van der Waals surface area (Å²) in [5.74, 6) is 0.843. The number of likely N-dealkylation sites (tertiary alicyclic amines) is 1. The predicted molar refractivity (Wildman–Crippen MR) is 82.4 cm³/mol. The Labute approximate surface area is 126 Å². The number of carbonyl (C=O) groups is 1. The molecule has 20 heavy (non-hydrogen) atoms. The Morgan fingerprint density at radius 1 is 1.40 bits per heavy atom. The third-order valence-corrected chi connectivity index (χ3v) is 3.56. The summed E-state index contributed by atoms with van der Waals surface area (Å²) in [6.45, 7) is 5.52. The molecule has 1 aromatic carbocycles. The molecule has 1 heterocycles. The van der Waals surface area contributed by atoms with E-state index in [9.17, 15) is 4.79 Å². The maximum atomic E-state index is 12.1. The molecule has 1 amide bonds. The molecule has 1 aliphatic rings. The van der Waals surface area contributed by atoms with E-state index in [1.165, 1.54) is 0 Å². The Balaban J connectivity index is 0.00000200. The number of nitrogens with two attached hydrogens (primary N) is 1. The van der Waals surface area contributed by atoms with Gasteiger partial charge in [-0.15, -0.1) is 12.4 Å². The van der Waals surface area contributed by atoms with Crippen LogP contribution in [0.25, 0.3) is 0 Å². The normalized spacial score (nSPS) is 18.4. The van der Waals surface area contributed by atoms with Crippen molar-refractivity contribution in [2.45, 2.75) is 32.7 Å². The maximum Gasteiger partial charge on any atom is 0.260 e. The Morgan fingerprint density at radius 3 is 2.65 bits per heavy atom. The van der Waals surface area contributed by atoms with Crippen LogP contribution in [0.2, 0.25) is 0 Å². The van der Waals surface area contributed by atoms with E-state index in [0.717, 1.165) is 36.3 Å². The average Bonchev–Trinajstić information content (AvgIpc) is 2.38. The zero-order chi connectivity index (χ0) is 13.8. The highest BCUT2D eigenvalue weighted by molar-refractivity contribution is 5.85. The van der Waals surface area contributed by atoms with Gasteiger partial charge in [-0.25, -0.2) is 0 Å². The summed E-state index contributed by atoms with van der Waals surface area (Å²) in [4.78, 5) is 13.9. The molecule has 0 saturated carbocycles. The van der Waals surface area contributed by atoms with Gasteiger partial charge in [0.15, 0.2) is 6.61 Å². The Bertz CT molecular complexity index is 445. The summed E-state index contributed by atoms with van der Waals surface area (Å²) in [6.07, 6.45) is 1.98. The minimum atomic E-state index is 0. The second-order valence-electron chi connectivity index (χ2n) is 5.25. The SMILES string of the molecule is Cc1cccc(C)c1OCC(=O)N1CCCC(N)C1.Cl. The van der Waals surface area contributed by atoms with Gasteiger partial charge in [0.1, 0.15) is 5.75 Å². The zero-order valence-corrected chi connectivity index (χ0v) is 12.9. The van der Waals surface area contributed by atoms with Crippen molar-refractivity contribution < 1.29 is 9.53 Å². The summed E-state index contributed by atoms with van der Waals surface area (Å²) in [6, 6.07) is 6.08. The molecule has 1 atom stereocenters. The molecule has 4 nitrogen and oxygen atoms in total. The van der Waals surface area contributed by atoms with Crippen LogP contribution >= 0.6 is 12.4 Å². The van der Waals surface area contributed by atoms with Crippen molar-refractivity contribution in [1.82, 2.24) is 4.90 Å². The van der Waals surface area contributed by atoms with Gasteiger partial charge in [-0.05, 0) is 37.8 Å². The third-order valence-electron chi connectivity index (χ3n) is 3.56. The predicted octanol–water partition coefficient (Wildman–Crippen LogP) is 2.05. The maximum absolute atomic E-state index is 12.1. The van der Waals surface area contributed by atoms with Crippen molar-refractivity contribution in [3.05, 3.63) is 29.3 Å². The molecular formula is C15H23ClN2O2. The number of para-hydroxylation sites is 1. The van der Waals surface area contributed by atoms with Crippen molar-refractivity contribution in [2.24, 2.45) is 5.73 Å². The number of ether oxygens (including phenoxy) is 1. The van der Waals surface area contributed by atoms with Crippen molar-refractivity contribution in [1.29, 1.82) is 0 Å². The van der Waals surface area contributed by atoms with Crippen molar-refractivity contribution in [2.75, 3.05) is 19.7 Å². The van der Waals surface area contributed by atoms with E-state index in [1.54, 1.807) is 0 Å². The fraction of sp³-hybridized carbons (Fsp3) is 0.533. The molecule has 0 spiro atoms. The molecule has 1 unspecified atom stereocenters. The molecule has 0 radical (unpaired) electrons. The zero-order valence-electron chi connectivity index (χ0n) is 12.1. The minimum absolute atomic E-state index is 0. The molecule has 1 saturated heterocycles. The molecule has 0 aromatic heterocycles. The lowest BCUT2D eigenvalue weighted by molar-refractivity contribution is -0.134. The van der Waals surface area contributed by atoms with Gasteiger partial charge in [0.25, 0.3) is 5.91 Å². The number of hydrogen-bond donors (Lipinski definition) is 1. The van der Waals surface area contributed by atoms with Crippen LogP contribution in [0.4, 0.5) is 0 Å². The number of hydrogen-bond acceptors (Lipinski definition) is 3. The van der Waals surface area contributed by atoms with Crippen molar-refractivity contribution >= 4 is 18.3 Å². The number of aryl methyl sites for hydroxylation is 2. The smallest absolute Gasteiger partial charge is 0.260 e. The highest BCUT2D eigenvalue weighted by Crippen LogP contribution is 2.22. The van der Waals surface area contributed by atoms with E-state index in [0.29, 0.717) is 6.54 Å². The number of nitrogens with zero attached hydrogens (tertiary/aromatic N) is 1. The fourth-order valence-corrected chi connectivity index (χ4v) is 2.49. The lowest BCUT2D eigenvalue weighted by Gasteiger charge is -2.30. The van der Waals surface area contributed by atoms with Crippen LogP contribution in [0.5, 0.6) is 5.75 Å². The van der Waals surface area contributed by atoms with Crippen LogP contribution in [0.1, 0.15) is 24.0 Å². The average molecular weight is 299 g/mol. The van der Waals surface area contributed by atoms with Gasteiger partial charge in [0, 0.05) is 19.1 Å². The fourth-order valence-electron chi connectivity index (χ4n) is 2.49. The van der Waals surface area contributed by atoms with E-state index in [4.69, 9.17) is 10.5 Å². The highest BCUT2D eigenvalue weighted by Gasteiger charge is 2.21. The number of rotatable bonds is 3. The summed E-state index contributed by atoms with van der Waals surface area (Å²) in [5.41, 5.74) is 8.00. The second-order valence-corrected chi connectivity index (χ2v) is 5.25. The molecule has 1 aliphatic heterocycles. The van der Waals surface area contributed by atoms with Crippen LogP contribution in [-0.4, -0.2) is 36.5 Å². The van der Waals surface area contributed by atoms with Gasteiger partial charge >= 0.3 is 0 Å². The van der Waals surface area contributed by atoms with E-state index in [1.807, 2.05) is 36.9 Å². The molecule has 2 N–H and O–H groups in total. The first-order valence-electron chi connectivity index (χ1n) is 6.80. The van der Waals surface area contributed by atoms with Gasteiger partial charge in [-0.1, -0.05) is 18.2 Å². The van der Waals surface area contributed by atoms with Crippen LogP contribution in [0.3, 0.4) is 0 Å². The number of benzene rings is 1. The summed E-state index contributed by atoms with van der Waals surface area (Å²) >= 11 is 0. The van der Waals surface area contributed by atoms with Crippen LogP contribution in [-0.2, 0) is 4.79 Å². The van der Waals surface area contributed by atoms with Gasteiger partial charge in [-0.3, -0.25) is 4.79 Å². The van der Waals surface area contributed by atoms with Crippen molar-refractivity contribution in [3.8, 4) is 5.75 Å². The number of carbonyl (C=O) groups excluding carboxylic acids is 1. The highest BCUT2D eigenvalue weighted by atomic mass is 35.5. The first-order chi connectivity index (χ1) is 9.08. The van der Waals surface area contributed by atoms with E-state index >= 15 is 0 Å². The summed E-state index contributed by atoms with van der Waals surface area (Å²) in [5, 5.41) is 0. The number of halogens is 1. The number of amides is 1. The minimum Gasteiger partial charge on any atom is -0.483 e. The van der Waals surface area contributed by atoms with Crippen LogP contribution in [0, 0.1) is 13.8 Å². The topological polar surface area (TPSA) is 55.6 Å². The molecule has 0 bridgehead atoms. The lowest BCUT2D eigenvalue weighted by Crippen LogP contribution is -2.47. The van der Waals surface area contributed by atoms with Crippen LogP contribution < -0.4 is 10.5 Å². The Kier molecular flexibility index (Phi) is 6.30. The summed E-state index contributed by atoms with van der Waals surface area (Å²) in [7, 11) is 0. The first kappa shape index (κ1) is 16.8. The lowest BCUT2D eigenvalue weighted by atomic mass is 10.1. The van der Waals surface area contributed by atoms with Gasteiger partial charge in [0.05, 0.1) is 0 Å². The standard InChI is InChI=1S/C15H22N2O2.ClH/c1-11-5-3-6-12(2)15(11)19-10-14(18)17-8-4-7-13(16)9-17;/h3,5-6,13H,4,7-10,16H2,1-2H3;1H. The molecule has 1 aromatic rings. The third kappa shape index (κ3) is 4.12. The van der Waals surface area contributed by atoms with E-state index in [-0.39, 0.29) is 31.0 Å². The molecule has 1 fully saturated rings. The van der Waals surface area contributed by atoms with Crippen LogP contribution in [0.15, 0.2) is 18.2 Å². The largest absolute Gasteiger partial charge is 0.483 e.